The highest BCUT2D eigenvalue weighted by Crippen LogP contribution is 2.22. The van der Waals surface area contributed by atoms with Gasteiger partial charge in [-0.25, -0.2) is 4.79 Å². The molecule has 1 heterocycles. The minimum atomic E-state index is -0.502. The maximum absolute atomic E-state index is 12.0. The van der Waals surface area contributed by atoms with Crippen molar-refractivity contribution in [3.05, 3.63) is 48.0 Å². The van der Waals surface area contributed by atoms with Gasteiger partial charge in [-0.1, -0.05) is 30.3 Å². The van der Waals surface area contributed by atoms with Gasteiger partial charge in [0.15, 0.2) is 0 Å². The topological polar surface area (TPSA) is 77.7 Å². The average Bonchev–Trinajstić information content (AvgIpc) is 2.53. The Bertz CT molecular complexity index is 617. The van der Waals surface area contributed by atoms with Crippen molar-refractivity contribution in [1.29, 1.82) is 0 Å². The number of hydrogen-bond acceptors (Lipinski definition) is 5. The van der Waals surface area contributed by atoms with Crippen molar-refractivity contribution >= 4 is 17.6 Å². The molecular weight excluding hydrogens is 270 g/mol. The molecular formula is C15H17N3O3. The van der Waals surface area contributed by atoms with Gasteiger partial charge < -0.3 is 15.2 Å². The van der Waals surface area contributed by atoms with Crippen LogP contribution in [0.4, 0.5) is 16.3 Å². The number of aromatic nitrogens is 1. The first-order valence-electron chi connectivity index (χ1n) is 6.36. The smallest absolute Gasteiger partial charge is 0.415 e. The van der Waals surface area contributed by atoms with Gasteiger partial charge in [0.25, 0.3) is 0 Å². The molecule has 6 heteroatoms. The lowest BCUT2D eigenvalue weighted by Crippen LogP contribution is -2.27. The molecule has 1 aromatic carbocycles. The number of ether oxygens (including phenoxy) is 2. The summed E-state index contributed by atoms with van der Waals surface area (Å²) in [5, 5.41) is 0. The van der Waals surface area contributed by atoms with Gasteiger partial charge in [-0.15, -0.1) is 0 Å². The van der Waals surface area contributed by atoms with Gasteiger partial charge in [-0.3, -0.25) is 4.90 Å². The van der Waals surface area contributed by atoms with Crippen molar-refractivity contribution in [3.63, 3.8) is 0 Å². The second-order valence-electron chi connectivity index (χ2n) is 4.37. The number of rotatable bonds is 4. The lowest BCUT2D eigenvalue weighted by Gasteiger charge is -2.17. The Balaban J connectivity index is 2.02. The monoisotopic (exact) mass is 287 g/mol. The highest BCUT2D eigenvalue weighted by molar-refractivity contribution is 5.86. The van der Waals surface area contributed by atoms with Crippen LogP contribution >= 0.6 is 0 Å². The van der Waals surface area contributed by atoms with Crippen LogP contribution in [0, 0.1) is 0 Å². The maximum Gasteiger partial charge on any atom is 0.415 e. The molecule has 0 saturated carbocycles. The van der Waals surface area contributed by atoms with Crippen LogP contribution in [0.25, 0.3) is 0 Å². The van der Waals surface area contributed by atoms with Crippen LogP contribution in [0.5, 0.6) is 5.88 Å². The second kappa shape index (κ2) is 6.60. The summed E-state index contributed by atoms with van der Waals surface area (Å²) < 4.78 is 10.3. The number of anilines is 2. The molecule has 0 spiro atoms. The largest absolute Gasteiger partial charge is 0.479 e. The van der Waals surface area contributed by atoms with E-state index in [4.69, 9.17) is 15.2 Å². The molecule has 2 rings (SSSR count). The van der Waals surface area contributed by atoms with Crippen molar-refractivity contribution in [1.82, 2.24) is 4.98 Å². The first-order chi connectivity index (χ1) is 10.1. The van der Waals surface area contributed by atoms with E-state index >= 15 is 0 Å². The Morgan fingerprint density at radius 3 is 2.62 bits per heavy atom. The summed E-state index contributed by atoms with van der Waals surface area (Å²) in [7, 11) is 3.04. The Labute approximate surface area is 123 Å². The van der Waals surface area contributed by atoms with Crippen LogP contribution < -0.4 is 15.4 Å². The number of pyridine rings is 1. The third-order valence-corrected chi connectivity index (χ3v) is 2.89. The van der Waals surface area contributed by atoms with Gasteiger partial charge in [-0.2, -0.15) is 4.98 Å². The van der Waals surface area contributed by atoms with E-state index in [2.05, 4.69) is 4.98 Å². The van der Waals surface area contributed by atoms with Gasteiger partial charge in [0.2, 0.25) is 5.88 Å². The number of nitrogens with two attached hydrogens (primary N) is 1. The molecule has 0 aliphatic rings. The van der Waals surface area contributed by atoms with Crippen LogP contribution in [-0.2, 0) is 11.3 Å². The van der Waals surface area contributed by atoms with Crippen LogP contribution in [0.1, 0.15) is 5.56 Å². The van der Waals surface area contributed by atoms with E-state index in [-0.39, 0.29) is 12.5 Å². The van der Waals surface area contributed by atoms with Crippen LogP contribution in [0.15, 0.2) is 42.5 Å². The molecule has 0 radical (unpaired) electrons. The molecule has 0 bridgehead atoms. The quantitative estimate of drug-likeness (QED) is 0.934. The zero-order valence-corrected chi connectivity index (χ0v) is 11.9. The normalized spacial score (nSPS) is 10.0. The third kappa shape index (κ3) is 3.62. The van der Waals surface area contributed by atoms with Crippen molar-refractivity contribution in [2.45, 2.75) is 6.61 Å². The Hall–Kier alpha value is -2.76. The van der Waals surface area contributed by atoms with Crippen molar-refractivity contribution in [2.75, 3.05) is 24.8 Å². The van der Waals surface area contributed by atoms with Crippen molar-refractivity contribution < 1.29 is 14.3 Å². The number of amides is 1. The first kappa shape index (κ1) is 14.6. The molecule has 110 valence electrons. The molecule has 21 heavy (non-hydrogen) atoms. The number of benzene rings is 1. The van der Waals surface area contributed by atoms with Gasteiger partial charge in [0.05, 0.1) is 12.8 Å². The van der Waals surface area contributed by atoms with E-state index in [1.807, 2.05) is 30.3 Å². The zero-order valence-electron chi connectivity index (χ0n) is 11.9. The Morgan fingerprint density at radius 2 is 1.95 bits per heavy atom. The molecule has 0 fully saturated rings. The Kier molecular flexibility index (Phi) is 4.61. The van der Waals surface area contributed by atoms with Crippen molar-refractivity contribution in [3.8, 4) is 5.88 Å². The predicted molar refractivity (Wildman–Crippen MR) is 80.2 cm³/mol. The average molecular weight is 287 g/mol. The predicted octanol–water partition coefficient (Wildman–Crippen LogP) is 2.45. The second-order valence-corrected chi connectivity index (χ2v) is 4.37. The van der Waals surface area contributed by atoms with Crippen LogP contribution in [0.3, 0.4) is 0 Å². The van der Waals surface area contributed by atoms with Gasteiger partial charge in [-0.05, 0) is 17.7 Å². The number of nitrogen functional groups attached to an aromatic ring is 1. The molecule has 2 aromatic rings. The van der Waals surface area contributed by atoms with E-state index in [1.54, 1.807) is 19.2 Å². The van der Waals surface area contributed by atoms with E-state index < -0.39 is 6.09 Å². The fourth-order valence-electron chi connectivity index (χ4n) is 1.70. The van der Waals surface area contributed by atoms with Crippen LogP contribution in [-0.4, -0.2) is 25.2 Å². The van der Waals surface area contributed by atoms with E-state index in [0.29, 0.717) is 11.5 Å². The summed E-state index contributed by atoms with van der Waals surface area (Å²) in [6, 6.07) is 12.7. The SMILES string of the molecule is COc1nc(N(C)C(=O)OCc2ccccc2)ccc1N. The molecule has 0 saturated heterocycles. The third-order valence-electron chi connectivity index (χ3n) is 2.89. The molecule has 1 aromatic heterocycles. The number of methoxy groups -OCH3 is 1. The minimum absolute atomic E-state index is 0.204. The molecule has 1 amide bonds. The highest BCUT2D eigenvalue weighted by atomic mass is 16.6. The molecule has 2 N–H and O–H groups in total. The van der Waals surface area contributed by atoms with Gasteiger partial charge in [0, 0.05) is 7.05 Å². The minimum Gasteiger partial charge on any atom is -0.479 e. The van der Waals surface area contributed by atoms with Crippen molar-refractivity contribution in [2.24, 2.45) is 0 Å². The fourth-order valence-corrected chi connectivity index (χ4v) is 1.70. The fraction of sp³-hybridized carbons (Fsp3) is 0.200. The van der Waals surface area contributed by atoms with Crippen LogP contribution in [0.2, 0.25) is 0 Å². The van der Waals surface area contributed by atoms with E-state index in [0.717, 1.165) is 5.56 Å². The summed E-state index contributed by atoms with van der Waals surface area (Å²) in [4.78, 5) is 17.4. The van der Waals surface area contributed by atoms with E-state index in [9.17, 15) is 4.79 Å². The number of carbonyl (C=O) groups excluding carboxylic acids is 1. The lowest BCUT2D eigenvalue weighted by molar-refractivity contribution is 0.148. The summed E-state index contributed by atoms with van der Waals surface area (Å²) in [5.41, 5.74) is 7.02. The molecule has 0 aliphatic heterocycles. The molecule has 0 aliphatic carbocycles. The summed E-state index contributed by atoms with van der Waals surface area (Å²) in [6.07, 6.45) is -0.502. The Morgan fingerprint density at radius 1 is 1.24 bits per heavy atom. The molecule has 6 nitrogen and oxygen atoms in total. The van der Waals surface area contributed by atoms with E-state index in [1.165, 1.54) is 12.0 Å². The molecule has 0 atom stereocenters. The molecule has 0 unspecified atom stereocenters. The summed E-state index contributed by atoms with van der Waals surface area (Å²) in [6.45, 7) is 0.204. The zero-order chi connectivity index (χ0) is 15.2. The highest BCUT2D eigenvalue weighted by Gasteiger charge is 2.15. The number of carbonyl (C=O) groups is 1. The summed E-state index contributed by atoms with van der Waals surface area (Å²) in [5.74, 6) is 0.675. The standard InChI is InChI=1S/C15H17N3O3/c1-18(13-9-8-12(16)14(17-13)20-2)15(19)21-10-11-6-4-3-5-7-11/h3-9H,10,16H2,1-2H3. The first-order valence-corrected chi connectivity index (χ1v) is 6.36. The van der Waals surface area contributed by atoms with Gasteiger partial charge >= 0.3 is 6.09 Å². The summed E-state index contributed by atoms with van der Waals surface area (Å²) >= 11 is 0. The van der Waals surface area contributed by atoms with Gasteiger partial charge in [0.1, 0.15) is 12.4 Å². The number of hydrogen-bond donors (Lipinski definition) is 1. The lowest BCUT2D eigenvalue weighted by atomic mass is 10.2. The maximum atomic E-state index is 12.0. The number of nitrogens with zero attached hydrogens (tertiary/aromatic N) is 2.